The first-order valence-corrected chi connectivity index (χ1v) is 6.58. The highest BCUT2D eigenvalue weighted by molar-refractivity contribution is 5.64. The van der Waals surface area contributed by atoms with Crippen molar-refractivity contribution in [3.8, 4) is 5.75 Å². The van der Waals surface area contributed by atoms with Crippen molar-refractivity contribution in [3.63, 3.8) is 0 Å². The lowest BCUT2D eigenvalue weighted by molar-refractivity contribution is 0.416. The van der Waals surface area contributed by atoms with Gasteiger partial charge in [-0.15, -0.1) is 0 Å². The lowest BCUT2D eigenvalue weighted by Gasteiger charge is -2.26. The summed E-state index contributed by atoms with van der Waals surface area (Å²) in [5, 5.41) is 0. The molecule has 1 aromatic carbocycles. The molecular formula is C14H19FN2O. The van der Waals surface area contributed by atoms with Gasteiger partial charge in [-0.3, -0.25) is 0 Å². The minimum Gasteiger partial charge on any atom is -0.495 e. The molecule has 18 heavy (non-hydrogen) atoms. The molecule has 0 amide bonds. The predicted octanol–water partition coefficient (Wildman–Crippen LogP) is 2.80. The number of nitrogens with two attached hydrogens (primary N) is 1. The van der Waals surface area contributed by atoms with Crippen LogP contribution in [0.15, 0.2) is 12.1 Å². The Morgan fingerprint density at radius 1 is 1.33 bits per heavy atom. The zero-order valence-electron chi connectivity index (χ0n) is 10.7. The lowest BCUT2D eigenvalue weighted by Crippen LogP contribution is -2.29. The SMILES string of the molecule is COc1cc(N(CC2CC2)C2CC2)c(F)cc1N. The highest BCUT2D eigenvalue weighted by Crippen LogP contribution is 2.40. The maximum atomic E-state index is 14.1. The third kappa shape index (κ3) is 2.24. The predicted molar refractivity (Wildman–Crippen MR) is 70.5 cm³/mol. The highest BCUT2D eigenvalue weighted by atomic mass is 19.1. The van der Waals surface area contributed by atoms with E-state index in [1.165, 1.54) is 31.7 Å². The van der Waals surface area contributed by atoms with Crippen molar-refractivity contribution >= 4 is 11.4 Å². The second-order valence-electron chi connectivity index (χ2n) is 5.37. The zero-order chi connectivity index (χ0) is 12.7. The summed E-state index contributed by atoms with van der Waals surface area (Å²) >= 11 is 0. The van der Waals surface area contributed by atoms with E-state index in [0.717, 1.165) is 12.5 Å². The smallest absolute Gasteiger partial charge is 0.148 e. The summed E-state index contributed by atoms with van der Waals surface area (Å²) < 4.78 is 19.3. The lowest BCUT2D eigenvalue weighted by atomic mass is 10.2. The molecule has 2 N–H and O–H groups in total. The Balaban J connectivity index is 1.91. The molecule has 0 unspecified atom stereocenters. The average molecular weight is 250 g/mol. The molecule has 4 heteroatoms. The molecule has 0 spiro atoms. The van der Waals surface area contributed by atoms with Crippen LogP contribution in [0.2, 0.25) is 0 Å². The number of halogens is 1. The van der Waals surface area contributed by atoms with Gasteiger partial charge in [0, 0.05) is 24.7 Å². The van der Waals surface area contributed by atoms with E-state index < -0.39 is 0 Å². The first-order chi connectivity index (χ1) is 8.69. The van der Waals surface area contributed by atoms with Gasteiger partial charge in [-0.2, -0.15) is 0 Å². The molecule has 0 radical (unpaired) electrons. The summed E-state index contributed by atoms with van der Waals surface area (Å²) in [6, 6.07) is 3.62. The number of methoxy groups -OCH3 is 1. The van der Waals surface area contributed by atoms with Crippen molar-refractivity contribution in [3.05, 3.63) is 17.9 Å². The van der Waals surface area contributed by atoms with E-state index >= 15 is 0 Å². The molecule has 0 bridgehead atoms. The van der Waals surface area contributed by atoms with Gasteiger partial charge < -0.3 is 15.4 Å². The molecule has 2 aliphatic carbocycles. The van der Waals surface area contributed by atoms with Gasteiger partial charge in [0.15, 0.2) is 0 Å². The van der Waals surface area contributed by atoms with Crippen LogP contribution in [0.3, 0.4) is 0 Å². The first kappa shape index (κ1) is 11.6. The summed E-state index contributed by atoms with van der Waals surface area (Å²) in [7, 11) is 1.57. The summed E-state index contributed by atoms with van der Waals surface area (Å²) in [5.74, 6) is 1.07. The highest BCUT2D eigenvalue weighted by Gasteiger charge is 2.35. The minimum atomic E-state index is -0.235. The standard InChI is InChI=1S/C14H19FN2O/c1-18-14-7-13(11(15)6-12(14)16)17(10-4-5-10)8-9-2-3-9/h6-7,9-10H,2-5,8,16H2,1H3. The Labute approximate surface area is 107 Å². The van der Waals surface area contributed by atoms with Crippen LogP contribution in [-0.4, -0.2) is 19.7 Å². The summed E-state index contributed by atoms with van der Waals surface area (Å²) in [6.07, 6.45) is 4.88. The fourth-order valence-electron chi connectivity index (χ4n) is 2.36. The van der Waals surface area contributed by atoms with Crippen molar-refractivity contribution < 1.29 is 9.13 Å². The maximum Gasteiger partial charge on any atom is 0.148 e. The fraction of sp³-hybridized carbons (Fsp3) is 0.571. The van der Waals surface area contributed by atoms with Crippen molar-refractivity contribution in [1.82, 2.24) is 0 Å². The van der Waals surface area contributed by atoms with Crippen molar-refractivity contribution in [2.75, 3.05) is 24.3 Å². The number of nitrogens with zero attached hydrogens (tertiary/aromatic N) is 1. The van der Waals surface area contributed by atoms with Crippen molar-refractivity contribution in [2.45, 2.75) is 31.7 Å². The number of anilines is 2. The molecule has 1 aromatic rings. The van der Waals surface area contributed by atoms with Crippen LogP contribution in [0, 0.1) is 11.7 Å². The molecular weight excluding hydrogens is 231 g/mol. The van der Waals surface area contributed by atoms with Gasteiger partial charge in [0.25, 0.3) is 0 Å². The van der Waals surface area contributed by atoms with Gasteiger partial charge >= 0.3 is 0 Å². The van der Waals surface area contributed by atoms with Crippen LogP contribution in [-0.2, 0) is 0 Å². The molecule has 98 valence electrons. The van der Waals surface area contributed by atoms with E-state index in [1.807, 2.05) is 0 Å². The van der Waals surface area contributed by atoms with E-state index in [4.69, 9.17) is 10.5 Å². The van der Waals surface area contributed by atoms with Crippen LogP contribution in [0.1, 0.15) is 25.7 Å². The largest absolute Gasteiger partial charge is 0.495 e. The molecule has 3 nitrogen and oxygen atoms in total. The molecule has 0 atom stereocenters. The molecule has 0 aliphatic heterocycles. The number of benzene rings is 1. The molecule has 0 saturated heterocycles. The normalized spacial score (nSPS) is 18.8. The number of rotatable bonds is 5. The second-order valence-corrected chi connectivity index (χ2v) is 5.37. The van der Waals surface area contributed by atoms with Gasteiger partial charge in [0.2, 0.25) is 0 Å². The Bertz CT molecular complexity index is 455. The third-order valence-electron chi connectivity index (χ3n) is 3.75. The average Bonchev–Trinajstić information content (AvgIpc) is 3.20. The van der Waals surface area contributed by atoms with Crippen LogP contribution in [0.4, 0.5) is 15.8 Å². The number of hydrogen-bond donors (Lipinski definition) is 1. The molecule has 2 fully saturated rings. The third-order valence-corrected chi connectivity index (χ3v) is 3.75. The van der Waals surface area contributed by atoms with Crippen molar-refractivity contribution in [2.24, 2.45) is 5.92 Å². The minimum absolute atomic E-state index is 0.235. The van der Waals surface area contributed by atoms with Crippen LogP contribution >= 0.6 is 0 Å². The molecule has 0 aromatic heterocycles. The molecule has 0 heterocycles. The van der Waals surface area contributed by atoms with E-state index in [-0.39, 0.29) is 5.82 Å². The Morgan fingerprint density at radius 2 is 2.06 bits per heavy atom. The fourth-order valence-corrected chi connectivity index (χ4v) is 2.36. The van der Waals surface area contributed by atoms with Crippen molar-refractivity contribution in [1.29, 1.82) is 0 Å². The number of ether oxygens (including phenoxy) is 1. The molecule has 3 rings (SSSR count). The van der Waals surface area contributed by atoms with Gasteiger partial charge in [-0.1, -0.05) is 0 Å². The zero-order valence-corrected chi connectivity index (χ0v) is 10.7. The number of hydrogen-bond acceptors (Lipinski definition) is 3. The van der Waals surface area contributed by atoms with Gasteiger partial charge in [-0.05, 0) is 31.6 Å². The Hall–Kier alpha value is -1.45. The van der Waals surface area contributed by atoms with Gasteiger partial charge in [0.1, 0.15) is 11.6 Å². The first-order valence-electron chi connectivity index (χ1n) is 6.58. The van der Waals surface area contributed by atoms with E-state index in [9.17, 15) is 4.39 Å². The quantitative estimate of drug-likeness (QED) is 0.817. The van der Waals surface area contributed by atoms with Crippen LogP contribution in [0.5, 0.6) is 5.75 Å². The topological polar surface area (TPSA) is 38.5 Å². The van der Waals surface area contributed by atoms with E-state index in [2.05, 4.69) is 4.90 Å². The summed E-state index contributed by atoms with van der Waals surface area (Å²) in [5.41, 5.74) is 6.73. The maximum absolute atomic E-state index is 14.1. The molecule has 2 saturated carbocycles. The van der Waals surface area contributed by atoms with Crippen LogP contribution in [0.25, 0.3) is 0 Å². The second kappa shape index (κ2) is 4.34. The Morgan fingerprint density at radius 3 is 2.61 bits per heavy atom. The van der Waals surface area contributed by atoms with E-state index in [1.54, 1.807) is 13.2 Å². The summed E-state index contributed by atoms with van der Waals surface area (Å²) in [4.78, 5) is 2.20. The van der Waals surface area contributed by atoms with Crippen LogP contribution < -0.4 is 15.4 Å². The monoisotopic (exact) mass is 250 g/mol. The van der Waals surface area contributed by atoms with Gasteiger partial charge in [-0.25, -0.2) is 4.39 Å². The Kier molecular flexibility index (Phi) is 2.80. The van der Waals surface area contributed by atoms with Gasteiger partial charge in [0.05, 0.1) is 18.5 Å². The van der Waals surface area contributed by atoms with E-state index in [0.29, 0.717) is 23.2 Å². The molecule has 2 aliphatic rings. The summed E-state index contributed by atoms with van der Waals surface area (Å²) in [6.45, 7) is 0.967. The number of nitrogen functional groups attached to an aromatic ring is 1.